The van der Waals surface area contributed by atoms with Crippen molar-refractivity contribution in [1.82, 2.24) is 5.16 Å². The van der Waals surface area contributed by atoms with Gasteiger partial charge >= 0.3 is 5.97 Å². The summed E-state index contributed by atoms with van der Waals surface area (Å²) in [4.78, 5) is 26.2. The Bertz CT molecular complexity index is 1130. The van der Waals surface area contributed by atoms with Gasteiger partial charge in [0.1, 0.15) is 11.5 Å². The van der Waals surface area contributed by atoms with E-state index in [9.17, 15) is 9.59 Å². The number of aryl methyl sites for hydroxylation is 1. The van der Waals surface area contributed by atoms with Gasteiger partial charge in [-0.25, -0.2) is 0 Å². The fourth-order valence-corrected chi connectivity index (χ4v) is 6.95. The van der Waals surface area contributed by atoms with E-state index >= 15 is 0 Å². The minimum absolute atomic E-state index is 0.115. The molecule has 3 aliphatic rings. The van der Waals surface area contributed by atoms with Crippen LogP contribution in [0.2, 0.25) is 5.02 Å². The Morgan fingerprint density at radius 2 is 1.89 bits per heavy atom. The summed E-state index contributed by atoms with van der Waals surface area (Å²) in [5, 5.41) is 5.25. The fraction of sp³-hybridized carbons (Fsp3) is 0.633. The smallest absolute Gasteiger partial charge is 0.308 e. The molecule has 3 saturated carbocycles. The monoisotopic (exact) mass is 511 g/mol. The predicted molar refractivity (Wildman–Crippen MR) is 139 cm³/mol. The average Bonchev–Trinajstić information content (AvgIpc) is 3.40. The molecule has 0 aliphatic heterocycles. The van der Waals surface area contributed by atoms with Crippen LogP contribution in [0.1, 0.15) is 105 Å². The zero-order chi connectivity index (χ0) is 25.6. The second-order valence-corrected chi connectivity index (χ2v) is 12.3. The summed E-state index contributed by atoms with van der Waals surface area (Å²) in [6.45, 7) is 6.56. The lowest BCUT2D eigenvalue weighted by molar-refractivity contribution is -0.145. The van der Waals surface area contributed by atoms with Gasteiger partial charge in [0.15, 0.2) is 0 Å². The molecule has 3 fully saturated rings. The molecule has 36 heavy (non-hydrogen) atoms. The first kappa shape index (κ1) is 25.5. The summed E-state index contributed by atoms with van der Waals surface area (Å²) in [6, 6.07) is 5.82. The van der Waals surface area contributed by atoms with Gasteiger partial charge in [-0.05, 0) is 86.8 Å². The normalized spacial score (nSPS) is 27.8. The number of esters is 1. The van der Waals surface area contributed by atoms with Crippen LogP contribution in [0.4, 0.5) is 0 Å². The first-order valence-electron chi connectivity index (χ1n) is 13.6. The van der Waals surface area contributed by atoms with Crippen LogP contribution in [-0.4, -0.2) is 24.0 Å². The van der Waals surface area contributed by atoms with Gasteiger partial charge < -0.3 is 9.26 Å². The molecule has 6 heteroatoms. The van der Waals surface area contributed by atoms with E-state index in [2.05, 4.69) is 19.0 Å². The van der Waals surface area contributed by atoms with Gasteiger partial charge in [0.25, 0.3) is 0 Å². The van der Waals surface area contributed by atoms with Crippen molar-refractivity contribution < 1.29 is 18.8 Å². The minimum Gasteiger partial charge on any atom is -0.469 e. The number of aromatic nitrogens is 1. The van der Waals surface area contributed by atoms with Crippen molar-refractivity contribution in [3.8, 4) is 0 Å². The Morgan fingerprint density at radius 3 is 2.53 bits per heavy atom. The summed E-state index contributed by atoms with van der Waals surface area (Å²) in [7, 11) is 1.42. The maximum absolute atomic E-state index is 13.7. The third-order valence-electron chi connectivity index (χ3n) is 8.62. The van der Waals surface area contributed by atoms with Crippen LogP contribution in [0.25, 0.3) is 0 Å². The first-order chi connectivity index (χ1) is 17.2. The van der Waals surface area contributed by atoms with Crippen molar-refractivity contribution in [2.45, 2.75) is 89.9 Å². The minimum atomic E-state index is -0.297. The van der Waals surface area contributed by atoms with Gasteiger partial charge in [-0.15, -0.1) is 0 Å². The molecule has 0 amide bonds. The third kappa shape index (κ3) is 5.14. The van der Waals surface area contributed by atoms with Crippen LogP contribution in [0.15, 0.2) is 22.7 Å². The van der Waals surface area contributed by atoms with E-state index in [1.165, 1.54) is 19.1 Å². The summed E-state index contributed by atoms with van der Waals surface area (Å²) in [5.41, 5.74) is 4.09. The number of carbonyl (C=O) groups is 2. The highest BCUT2D eigenvalue weighted by Crippen LogP contribution is 2.55. The van der Waals surface area contributed by atoms with E-state index in [1.54, 1.807) is 0 Å². The van der Waals surface area contributed by atoms with Gasteiger partial charge in [-0.3, -0.25) is 9.59 Å². The van der Waals surface area contributed by atoms with E-state index < -0.39 is 0 Å². The van der Waals surface area contributed by atoms with Crippen LogP contribution in [-0.2, 0) is 20.7 Å². The van der Waals surface area contributed by atoms with Crippen molar-refractivity contribution in [2.75, 3.05) is 7.11 Å². The molecule has 3 atom stereocenters. The number of hydrogen-bond acceptors (Lipinski definition) is 5. The topological polar surface area (TPSA) is 69.4 Å². The number of ketones is 1. The number of ether oxygens (including phenoxy) is 1. The number of rotatable bonds is 9. The molecule has 0 saturated heterocycles. The molecule has 3 aliphatic carbocycles. The van der Waals surface area contributed by atoms with Crippen molar-refractivity contribution in [2.24, 2.45) is 23.7 Å². The number of hydrogen-bond donors (Lipinski definition) is 0. The molecule has 2 aromatic rings. The van der Waals surface area contributed by atoms with Gasteiger partial charge in [0.05, 0.1) is 18.7 Å². The number of halogens is 1. The fourth-order valence-electron chi connectivity index (χ4n) is 6.65. The second-order valence-electron chi connectivity index (χ2n) is 11.9. The maximum Gasteiger partial charge on any atom is 0.308 e. The zero-order valence-corrected chi connectivity index (χ0v) is 22.6. The Balaban J connectivity index is 1.41. The molecule has 194 valence electrons. The molecular weight excluding hydrogens is 474 g/mol. The highest BCUT2D eigenvalue weighted by atomic mass is 35.5. The van der Waals surface area contributed by atoms with E-state index in [1.807, 2.05) is 25.1 Å². The number of carbonyl (C=O) groups excluding carboxylic acids is 2. The lowest BCUT2D eigenvalue weighted by Gasteiger charge is -2.35. The largest absolute Gasteiger partial charge is 0.469 e. The van der Waals surface area contributed by atoms with E-state index in [-0.39, 0.29) is 35.9 Å². The van der Waals surface area contributed by atoms with Crippen LogP contribution in [0.3, 0.4) is 0 Å². The molecular formula is C30H38ClNO4. The van der Waals surface area contributed by atoms with Crippen molar-refractivity contribution in [3.05, 3.63) is 51.4 Å². The van der Waals surface area contributed by atoms with Gasteiger partial charge in [0, 0.05) is 34.8 Å². The highest BCUT2D eigenvalue weighted by Gasteiger charge is 2.48. The van der Waals surface area contributed by atoms with Crippen LogP contribution in [0.5, 0.6) is 0 Å². The first-order valence-corrected chi connectivity index (χ1v) is 14.0. The van der Waals surface area contributed by atoms with Gasteiger partial charge in [-0.2, -0.15) is 0 Å². The Kier molecular flexibility index (Phi) is 7.31. The van der Waals surface area contributed by atoms with Gasteiger partial charge in [-0.1, -0.05) is 42.7 Å². The molecule has 5 rings (SSSR count). The van der Waals surface area contributed by atoms with E-state index in [0.29, 0.717) is 35.6 Å². The van der Waals surface area contributed by atoms with Crippen LogP contribution in [0, 0.1) is 30.6 Å². The van der Waals surface area contributed by atoms with Gasteiger partial charge in [0.2, 0.25) is 0 Å². The Morgan fingerprint density at radius 1 is 1.14 bits per heavy atom. The van der Waals surface area contributed by atoms with E-state index in [4.69, 9.17) is 20.9 Å². The molecule has 1 heterocycles. The zero-order valence-electron chi connectivity index (χ0n) is 21.9. The summed E-state index contributed by atoms with van der Waals surface area (Å²) < 4.78 is 11.2. The van der Waals surface area contributed by atoms with E-state index in [0.717, 1.165) is 54.2 Å². The lowest BCUT2D eigenvalue weighted by Crippen LogP contribution is -2.24. The summed E-state index contributed by atoms with van der Waals surface area (Å²) >= 11 is 6.46. The number of benzene rings is 1. The SMILES string of the molecule is COC(=O)[C@H]1C[C@@H](C(=O)Cc2ccc(C)cc2Cl)[C@H](c2noc(C3CC(CC(C)C)C3)c2C2CC2)C1. The predicted octanol–water partition coefficient (Wildman–Crippen LogP) is 7.15. The van der Waals surface area contributed by atoms with Crippen molar-refractivity contribution >= 4 is 23.4 Å². The van der Waals surface area contributed by atoms with Crippen LogP contribution >= 0.6 is 11.6 Å². The third-order valence-corrected chi connectivity index (χ3v) is 8.97. The average molecular weight is 512 g/mol. The Hall–Kier alpha value is -2.14. The standard InChI is InChI=1S/C30H38ClNO4/c1-16(2)9-18-11-21(12-18)29-27(19-7-8-19)28(32-36-29)24-14-22(30(34)35-4)13-23(24)26(33)15-20-6-5-17(3)10-25(20)31/h5-6,10,16,18-19,21-24H,7-9,11-15H2,1-4H3/t18?,21?,22-,23+,24+/m0/s1. The molecule has 1 aromatic heterocycles. The molecule has 1 aromatic carbocycles. The molecule has 0 spiro atoms. The second kappa shape index (κ2) is 10.3. The number of methoxy groups -OCH3 is 1. The van der Waals surface area contributed by atoms with Crippen molar-refractivity contribution in [3.63, 3.8) is 0 Å². The van der Waals surface area contributed by atoms with Crippen LogP contribution < -0.4 is 0 Å². The van der Waals surface area contributed by atoms with Crippen molar-refractivity contribution in [1.29, 1.82) is 0 Å². The summed E-state index contributed by atoms with van der Waals surface area (Å²) in [5.74, 6) is 2.61. The molecule has 0 unspecified atom stereocenters. The maximum atomic E-state index is 13.7. The molecule has 0 bridgehead atoms. The number of Topliss-reactive ketones (excluding diaryl/α,β-unsaturated/α-hetero) is 1. The quantitative estimate of drug-likeness (QED) is 0.334. The molecule has 0 N–H and O–H groups in total. The highest BCUT2D eigenvalue weighted by molar-refractivity contribution is 6.31. The number of nitrogens with zero attached hydrogens (tertiary/aromatic N) is 1. The molecule has 0 radical (unpaired) electrons. The lowest BCUT2D eigenvalue weighted by atomic mass is 9.69. The molecule has 5 nitrogen and oxygen atoms in total. The summed E-state index contributed by atoms with van der Waals surface area (Å²) in [6.07, 6.45) is 7.21. The Labute approximate surface area is 219 Å².